The maximum absolute atomic E-state index is 5.77. The molecular weight excluding hydrogens is 328 g/mol. The Bertz CT molecular complexity index is 498. The molecule has 1 N–H and O–H groups in total. The van der Waals surface area contributed by atoms with Gasteiger partial charge in [0, 0.05) is 29.0 Å². The number of fused-ring (bicyclic) bond motifs is 1. The standard InChI is InChI=1S/C17H25BrN2O/c1-17(6-8-20(2)9-7-17)12-19-15-5-10-21-16-4-3-13(18)11-14(15)16/h3-4,11,15,19H,5-10,12H2,1-2H3. The van der Waals surface area contributed by atoms with E-state index in [1.165, 1.54) is 31.5 Å². The Labute approximate surface area is 136 Å². The summed E-state index contributed by atoms with van der Waals surface area (Å²) < 4.78 is 6.90. The molecule has 0 spiro atoms. The highest BCUT2D eigenvalue weighted by molar-refractivity contribution is 9.10. The monoisotopic (exact) mass is 352 g/mol. The topological polar surface area (TPSA) is 24.5 Å². The van der Waals surface area contributed by atoms with Crippen LogP contribution in [0.4, 0.5) is 0 Å². The summed E-state index contributed by atoms with van der Waals surface area (Å²) in [6.07, 6.45) is 3.62. The maximum Gasteiger partial charge on any atom is 0.124 e. The molecule has 4 heteroatoms. The quantitative estimate of drug-likeness (QED) is 0.899. The molecule has 2 aliphatic rings. The van der Waals surface area contributed by atoms with Gasteiger partial charge in [-0.1, -0.05) is 22.9 Å². The predicted octanol–water partition coefficient (Wildman–Crippen LogP) is 3.59. The van der Waals surface area contributed by atoms with Crippen molar-refractivity contribution in [3.05, 3.63) is 28.2 Å². The van der Waals surface area contributed by atoms with Crippen molar-refractivity contribution in [2.75, 3.05) is 33.3 Å². The summed E-state index contributed by atoms with van der Waals surface area (Å²) in [4.78, 5) is 2.43. The minimum atomic E-state index is 0.419. The summed E-state index contributed by atoms with van der Waals surface area (Å²) in [5, 5.41) is 3.81. The Hall–Kier alpha value is -0.580. The van der Waals surface area contributed by atoms with E-state index in [0.717, 1.165) is 29.8 Å². The summed E-state index contributed by atoms with van der Waals surface area (Å²) in [6.45, 7) is 6.76. The van der Waals surface area contributed by atoms with Crippen LogP contribution >= 0.6 is 15.9 Å². The Morgan fingerprint density at radius 2 is 2.14 bits per heavy atom. The van der Waals surface area contributed by atoms with Crippen LogP contribution in [0.1, 0.15) is 37.8 Å². The SMILES string of the molecule is CN1CCC(C)(CNC2CCOc3ccc(Br)cc32)CC1. The number of rotatable bonds is 3. The van der Waals surface area contributed by atoms with E-state index in [2.05, 4.69) is 58.3 Å². The van der Waals surface area contributed by atoms with Crippen LogP contribution in [0.2, 0.25) is 0 Å². The third-order valence-corrected chi connectivity index (χ3v) is 5.47. The van der Waals surface area contributed by atoms with Gasteiger partial charge in [0.1, 0.15) is 5.75 Å². The van der Waals surface area contributed by atoms with E-state index in [4.69, 9.17) is 4.74 Å². The van der Waals surface area contributed by atoms with Crippen molar-refractivity contribution in [1.29, 1.82) is 0 Å². The van der Waals surface area contributed by atoms with Crippen LogP contribution in [0.5, 0.6) is 5.75 Å². The van der Waals surface area contributed by atoms with E-state index in [-0.39, 0.29) is 0 Å². The number of piperidine rings is 1. The summed E-state index contributed by atoms with van der Waals surface area (Å²) >= 11 is 3.57. The van der Waals surface area contributed by atoms with E-state index in [1.807, 2.05) is 0 Å². The average molecular weight is 353 g/mol. The number of hydrogen-bond donors (Lipinski definition) is 1. The second-order valence-corrected chi connectivity index (χ2v) is 7.78. The van der Waals surface area contributed by atoms with Crippen molar-refractivity contribution in [3.63, 3.8) is 0 Å². The first-order valence-corrected chi connectivity index (χ1v) is 8.69. The second kappa shape index (κ2) is 6.27. The van der Waals surface area contributed by atoms with Gasteiger partial charge in [-0.25, -0.2) is 0 Å². The van der Waals surface area contributed by atoms with Crippen molar-refractivity contribution in [1.82, 2.24) is 10.2 Å². The summed E-state index contributed by atoms with van der Waals surface area (Å²) in [6, 6.07) is 6.75. The molecule has 2 heterocycles. The van der Waals surface area contributed by atoms with Gasteiger partial charge < -0.3 is 15.0 Å². The van der Waals surface area contributed by atoms with Crippen LogP contribution in [0.3, 0.4) is 0 Å². The molecule has 2 aliphatic heterocycles. The van der Waals surface area contributed by atoms with Crippen molar-refractivity contribution >= 4 is 15.9 Å². The third-order valence-electron chi connectivity index (χ3n) is 4.98. The molecule has 21 heavy (non-hydrogen) atoms. The molecule has 0 radical (unpaired) electrons. The van der Waals surface area contributed by atoms with Gasteiger partial charge in [-0.05, 0) is 56.6 Å². The Morgan fingerprint density at radius 3 is 2.90 bits per heavy atom. The fourth-order valence-corrected chi connectivity index (χ4v) is 3.66. The lowest BCUT2D eigenvalue weighted by Crippen LogP contribution is -2.43. The lowest BCUT2D eigenvalue weighted by Gasteiger charge is -2.39. The molecule has 1 fully saturated rings. The van der Waals surface area contributed by atoms with Crippen LogP contribution in [0.25, 0.3) is 0 Å². The van der Waals surface area contributed by atoms with Gasteiger partial charge in [-0.2, -0.15) is 0 Å². The molecule has 3 rings (SSSR count). The van der Waals surface area contributed by atoms with Gasteiger partial charge in [0.2, 0.25) is 0 Å². The van der Waals surface area contributed by atoms with E-state index in [0.29, 0.717) is 11.5 Å². The van der Waals surface area contributed by atoms with Crippen molar-refractivity contribution < 1.29 is 4.74 Å². The molecule has 1 aromatic carbocycles. The zero-order chi connectivity index (χ0) is 14.9. The highest BCUT2D eigenvalue weighted by atomic mass is 79.9. The molecular formula is C17H25BrN2O. The van der Waals surface area contributed by atoms with Crippen LogP contribution < -0.4 is 10.1 Å². The molecule has 1 saturated heterocycles. The molecule has 0 aliphatic carbocycles. The summed E-state index contributed by atoms with van der Waals surface area (Å²) in [5.41, 5.74) is 1.73. The van der Waals surface area contributed by atoms with Gasteiger partial charge in [0.15, 0.2) is 0 Å². The van der Waals surface area contributed by atoms with Gasteiger partial charge in [0.25, 0.3) is 0 Å². The molecule has 116 valence electrons. The van der Waals surface area contributed by atoms with E-state index in [9.17, 15) is 0 Å². The molecule has 0 amide bonds. The highest BCUT2D eigenvalue weighted by Crippen LogP contribution is 2.36. The largest absolute Gasteiger partial charge is 0.493 e. The van der Waals surface area contributed by atoms with Crippen LogP contribution in [0, 0.1) is 5.41 Å². The molecule has 1 unspecified atom stereocenters. The number of nitrogens with zero attached hydrogens (tertiary/aromatic N) is 1. The smallest absolute Gasteiger partial charge is 0.124 e. The first-order valence-electron chi connectivity index (χ1n) is 7.90. The lowest BCUT2D eigenvalue weighted by atomic mass is 9.80. The van der Waals surface area contributed by atoms with Crippen LogP contribution in [-0.2, 0) is 0 Å². The molecule has 0 aromatic heterocycles. The normalized spacial score (nSPS) is 25.2. The van der Waals surface area contributed by atoms with Gasteiger partial charge in [0.05, 0.1) is 6.61 Å². The van der Waals surface area contributed by atoms with Gasteiger partial charge in [-0.15, -0.1) is 0 Å². The minimum Gasteiger partial charge on any atom is -0.493 e. The predicted molar refractivity (Wildman–Crippen MR) is 89.8 cm³/mol. The Morgan fingerprint density at radius 1 is 1.38 bits per heavy atom. The molecule has 1 atom stereocenters. The zero-order valence-electron chi connectivity index (χ0n) is 13.0. The maximum atomic E-state index is 5.77. The van der Waals surface area contributed by atoms with Crippen molar-refractivity contribution in [2.45, 2.75) is 32.2 Å². The summed E-state index contributed by atoms with van der Waals surface area (Å²) in [5.74, 6) is 1.04. The van der Waals surface area contributed by atoms with Gasteiger partial charge >= 0.3 is 0 Å². The Balaban J connectivity index is 1.65. The number of nitrogens with one attached hydrogen (secondary N) is 1. The van der Waals surface area contributed by atoms with E-state index in [1.54, 1.807) is 0 Å². The number of hydrogen-bond acceptors (Lipinski definition) is 3. The number of halogens is 1. The minimum absolute atomic E-state index is 0.419. The fourth-order valence-electron chi connectivity index (χ4n) is 3.28. The molecule has 1 aromatic rings. The molecule has 0 saturated carbocycles. The van der Waals surface area contributed by atoms with Crippen molar-refractivity contribution in [3.8, 4) is 5.75 Å². The Kier molecular flexibility index (Phi) is 4.57. The highest BCUT2D eigenvalue weighted by Gasteiger charge is 2.30. The van der Waals surface area contributed by atoms with Crippen LogP contribution in [-0.4, -0.2) is 38.2 Å². The lowest BCUT2D eigenvalue weighted by molar-refractivity contribution is 0.129. The van der Waals surface area contributed by atoms with Crippen molar-refractivity contribution in [2.24, 2.45) is 5.41 Å². The zero-order valence-corrected chi connectivity index (χ0v) is 14.6. The first-order chi connectivity index (χ1) is 10.1. The molecule has 3 nitrogen and oxygen atoms in total. The first kappa shape index (κ1) is 15.3. The second-order valence-electron chi connectivity index (χ2n) is 6.87. The fraction of sp³-hybridized carbons (Fsp3) is 0.647. The third kappa shape index (κ3) is 3.61. The number of likely N-dealkylation sites (tertiary alicyclic amines) is 1. The summed E-state index contributed by atoms with van der Waals surface area (Å²) in [7, 11) is 2.22. The van der Waals surface area contributed by atoms with E-state index < -0.39 is 0 Å². The van der Waals surface area contributed by atoms with E-state index >= 15 is 0 Å². The molecule has 0 bridgehead atoms. The van der Waals surface area contributed by atoms with Crippen LogP contribution in [0.15, 0.2) is 22.7 Å². The van der Waals surface area contributed by atoms with Gasteiger partial charge in [-0.3, -0.25) is 0 Å². The number of benzene rings is 1. The number of ether oxygens (including phenoxy) is 1. The average Bonchev–Trinajstić information content (AvgIpc) is 2.49.